The second kappa shape index (κ2) is 8.61. The van der Waals surface area contributed by atoms with Crippen LogP contribution in [0.1, 0.15) is 29.5 Å². The van der Waals surface area contributed by atoms with E-state index in [2.05, 4.69) is 60.3 Å². The van der Waals surface area contributed by atoms with Gasteiger partial charge in [0.05, 0.1) is 29.0 Å². The molecular formula is C28H28N4. The molecule has 4 heteroatoms. The van der Waals surface area contributed by atoms with Crippen molar-refractivity contribution in [2.45, 2.75) is 33.2 Å². The predicted molar refractivity (Wildman–Crippen MR) is 130 cm³/mol. The standard InChI is InChI=1S/C28H28N4/c1-19-3-6-24(15-20(19)2)28-27(23-7-4-21(16-29)5-8-23)25-11-14-32(26(25)17-31-28)18-22-9-12-30-13-10-22/h3-8,11,14-15,17,22,30H,9-10,12-13,18H2,1-2H3. The minimum atomic E-state index is 0.671. The van der Waals surface area contributed by atoms with Crippen LogP contribution in [-0.4, -0.2) is 22.6 Å². The largest absolute Gasteiger partial charge is 0.346 e. The summed E-state index contributed by atoms with van der Waals surface area (Å²) in [5.41, 5.74) is 8.74. The van der Waals surface area contributed by atoms with Crippen molar-refractivity contribution in [3.8, 4) is 28.5 Å². The van der Waals surface area contributed by atoms with Gasteiger partial charge in [-0.25, -0.2) is 0 Å². The van der Waals surface area contributed by atoms with E-state index < -0.39 is 0 Å². The molecule has 2 aromatic heterocycles. The number of nitrogens with one attached hydrogen (secondary N) is 1. The first kappa shape index (κ1) is 20.5. The maximum Gasteiger partial charge on any atom is 0.0991 e. The normalized spacial score (nSPS) is 14.5. The van der Waals surface area contributed by atoms with E-state index in [1.165, 1.54) is 34.9 Å². The minimum Gasteiger partial charge on any atom is -0.346 e. The molecule has 0 aliphatic carbocycles. The second-order valence-corrected chi connectivity index (χ2v) is 8.93. The van der Waals surface area contributed by atoms with Crippen LogP contribution in [0.2, 0.25) is 0 Å². The molecular weight excluding hydrogens is 392 g/mol. The van der Waals surface area contributed by atoms with Gasteiger partial charge in [-0.15, -0.1) is 0 Å². The lowest BCUT2D eigenvalue weighted by Gasteiger charge is -2.23. The van der Waals surface area contributed by atoms with Gasteiger partial charge in [-0.1, -0.05) is 24.3 Å². The number of nitriles is 1. The minimum absolute atomic E-state index is 0.671. The van der Waals surface area contributed by atoms with Crippen LogP contribution in [-0.2, 0) is 6.54 Å². The van der Waals surface area contributed by atoms with E-state index in [9.17, 15) is 5.26 Å². The fraction of sp³-hybridized carbons (Fsp3) is 0.286. The number of nitrogens with zero attached hydrogens (tertiary/aromatic N) is 3. The van der Waals surface area contributed by atoms with Gasteiger partial charge >= 0.3 is 0 Å². The Bertz CT molecular complexity index is 1300. The maximum atomic E-state index is 9.25. The van der Waals surface area contributed by atoms with E-state index in [4.69, 9.17) is 4.98 Å². The highest BCUT2D eigenvalue weighted by Crippen LogP contribution is 2.38. The Labute approximate surface area is 189 Å². The number of aryl methyl sites for hydroxylation is 2. The van der Waals surface area contributed by atoms with E-state index in [1.54, 1.807) is 0 Å². The van der Waals surface area contributed by atoms with E-state index in [0.29, 0.717) is 11.5 Å². The summed E-state index contributed by atoms with van der Waals surface area (Å²) in [6.45, 7) is 7.53. The molecule has 0 saturated carbocycles. The molecule has 3 heterocycles. The van der Waals surface area contributed by atoms with Crippen molar-refractivity contribution in [1.29, 1.82) is 5.26 Å². The van der Waals surface area contributed by atoms with Crippen LogP contribution in [0.25, 0.3) is 33.3 Å². The molecule has 0 bridgehead atoms. The number of benzene rings is 2. The molecule has 1 aliphatic heterocycles. The first-order valence-electron chi connectivity index (χ1n) is 11.4. The highest BCUT2D eigenvalue weighted by Gasteiger charge is 2.19. The van der Waals surface area contributed by atoms with Gasteiger partial charge in [0.15, 0.2) is 0 Å². The zero-order valence-corrected chi connectivity index (χ0v) is 18.7. The van der Waals surface area contributed by atoms with Gasteiger partial charge in [-0.2, -0.15) is 5.26 Å². The number of rotatable bonds is 4. The summed E-state index contributed by atoms with van der Waals surface area (Å²) in [5.74, 6) is 0.699. The maximum absolute atomic E-state index is 9.25. The molecule has 2 aromatic carbocycles. The van der Waals surface area contributed by atoms with Crippen molar-refractivity contribution in [2.24, 2.45) is 5.92 Å². The quantitative estimate of drug-likeness (QED) is 0.450. The van der Waals surface area contributed by atoms with Gasteiger partial charge in [0, 0.05) is 29.3 Å². The van der Waals surface area contributed by atoms with Gasteiger partial charge in [0.2, 0.25) is 0 Å². The second-order valence-electron chi connectivity index (χ2n) is 8.93. The lowest BCUT2D eigenvalue weighted by atomic mass is 9.94. The van der Waals surface area contributed by atoms with Crippen molar-refractivity contribution in [3.05, 3.63) is 77.6 Å². The highest BCUT2D eigenvalue weighted by molar-refractivity contribution is 6.01. The average molecular weight is 421 g/mol. The number of hydrogen-bond donors (Lipinski definition) is 1. The fourth-order valence-electron chi connectivity index (χ4n) is 4.77. The summed E-state index contributed by atoms with van der Waals surface area (Å²) in [6.07, 6.45) is 6.69. The number of pyridine rings is 1. The highest BCUT2D eigenvalue weighted by atomic mass is 15.0. The third-order valence-electron chi connectivity index (χ3n) is 6.83. The summed E-state index contributed by atoms with van der Waals surface area (Å²) < 4.78 is 2.37. The summed E-state index contributed by atoms with van der Waals surface area (Å²) in [6, 6.07) is 18.9. The Balaban J connectivity index is 1.67. The predicted octanol–water partition coefficient (Wildman–Crippen LogP) is 5.86. The Kier molecular flexibility index (Phi) is 5.51. The van der Waals surface area contributed by atoms with Crippen LogP contribution >= 0.6 is 0 Å². The summed E-state index contributed by atoms with van der Waals surface area (Å²) in [4.78, 5) is 4.99. The molecule has 0 spiro atoms. The smallest absolute Gasteiger partial charge is 0.0991 e. The van der Waals surface area contributed by atoms with Gasteiger partial charge in [-0.3, -0.25) is 4.98 Å². The van der Waals surface area contributed by atoms with Crippen molar-refractivity contribution in [3.63, 3.8) is 0 Å². The molecule has 160 valence electrons. The van der Waals surface area contributed by atoms with Crippen molar-refractivity contribution >= 4 is 10.9 Å². The molecule has 0 atom stereocenters. The SMILES string of the molecule is Cc1ccc(-c2ncc3c(ccn3CC3CCNCC3)c2-c2ccc(C#N)cc2)cc1C. The molecule has 1 aliphatic rings. The Morgan fingerprint density at radius 3 is 2.47 bits per heavy atom. The molecule has 5 rings (SSSR count). The molecule has 0 radical (unpaired) electrons. The van der Waals surface area contributed by atoms with Gasteiger partial charge in [0.1, 0.15) is 0 Å². The van der Waals surface area contributed by atoms with Crippen LogP contribution in [0.3, 0.4) is 0 Å². The van der Waals surface area contributed by atoms with E-state index >= 15 is 0 Å². The first-order valence-corrected chi connectivity index (χ1v) is 11.4. The third kappa shape index (κ3) is 3.81. The number of hydrogen-bond acceptors (Lipinski definition) is 3. The summed E-state index contributed by atoms with van der Waals surface area (Å²) in [5, 5.41) is 13.9. The lowest BCUT2D eigenvalue weighted by molar-refractivity contribution is 0.337. The molecule has 0 unspecified atom stereocenters. The van der Waals surface area contributed by atoms with Gasteiger partial charge in [-0.05, 0) is 86.7 Å². The van der Waals surface area contributed by atoms with Crippen LogP contribution in [0.5, 0.6) is 0 Å². The van der Waals surface area contributed by atoms with E-state index in [1.807, 2.05) is 30.5 Å². The molecule has 1 N–H and O–H groups in total. The van der Waals surface area contributed by atoms with E-state index in [0.717, 1.165) is 42.0 Å². The zero-order valence-electron chi connectivity index (χ0n) is 18.7. The first-order chi connectivity index (χ1) is 15.6. The van der Waals surface area contributed by atoms with Crippen molar-refractivity contribution in [1.82, 2.24) is 14.9 Å². The zero-order chi connectivity index (χ0) is 22.1. The van der Waals surface area contributed by atoms with Crippen LogP contribution in [0, 0.1) is 31.1 Å². The number of piperidine rings is 1. The van der Waals surface area contributed by atoms with Gasteiger partial charge < -0.3 is 9.88 Å². The third-order valence-corrected chi connectivity index (χ3v) is 6.83. The van der Waals surface area contributed by atoms with Crippen LogP contribution in [0.4, 0.5) is 0 Å². The Hall–Kier alpha value is -3.42. The Morgan fingerprint density at radius 1 is 1.00 bits per heavy atom. The monoisotopic (exact) mass is 420 g/mol. The Morgan fingerprint density at radius 2 is 1.75 bits per heavy atom. The molecule has 32 heavy (non-hydrogen) atoms. The van der Waals surface area contributed by atoms with Crippen molar-refractivity contribution < 1.29 is 0 Å². The number of aromatic nitrogens is 2. The van der Waals surface area contributed by atoms with Crippen molar-refractivity contribution in [2.75, 3.05) is 13.1 Å². The summed E-state index contributed by atoms with van der Waals surface area (Å²) in [7, 11) is 0. The number of fused-ring (bicyclic) bond motifs is 1. The molecule has 1 fully saturated rings. The molecule has 4 aromatic rings. The molecule has 0 amide bonds. The fourth-order valence-corrected chi connectivity index (χ4v) is 4.77. The van der Waals surface area contributed by atoms with E-state index in [-0.39, 0.29) is 0 Å². The average Bonchev–Trinajstić information content (AvgIpc) is 3.24. The molecule has 4 nitrogen and oxygen atoms in total. The lowest BCUT2D eigenvalue weighted by Crippen LogP contribution is -2.29. The van der Waals surface area contributed by atoms with Crippen LogP contribution in [0.15, 0.2) is 60.9 Å². The van der Waals surface area contributed by atoms with Gasteiger partial charge in [0.25, 0.3) is 0 Å². The van der Waals surface area contributed by atoms with Crippen LogP contribution < -0.4 is 5.32 Å². The summed E-state index contributed by atoms with van der Waals surface area (Å²) >= 11 is 0. The molecule has 1 saturated heterocycles. The topological polar surface area (TPSA) is 53.6 Å².